The highest BCUT2D eigenvalue weighted by atomic mass is 16.6. The van der Waals surface area contributed by atoms with Gasteiger partial charge in [0, 0.05) is 36.5 Å². The summed E-state index contributed by atoms with van der Waals surface area (Å²) in [7, 11) is 3.03. The van der Waals surface area contributed by atoms with Gasteiger partial charge in [-0.05, 0) is 43.0 Å². The van der Waals surface area contributed by atoms with E-state index in [9.17, 15) is 14.9 Å². The molecule has 8 heteroatoms. The highest BCUT2D eigenvalue weighted by molar-refractivity contribution is 6.05. The van der Waals surface area contributed by atoms with Gasteiger partial charge in [-0.25, -0.2) is 0 Å². The number of carbonyl (C=O) groups excluding carboxylic acids is 1. The van der Waals surface area contributed by atoms with Crippen molar-refractivity contribution in [1.29, 1.82) is 0 Å². The van der Waals surface area contributed by atoms with E-state index < -0.39 is 10.8 Å². The maximum absolute atomic E-state index is 12.7. The lowest BCUT2D eigenvalue weighted by molar-refractivity contribution is -0.384. The first-order valence-corrected chi connectivity index (χ1v) is 9.49. The molecule has 1 amide bonds. The molecule has 1 aliphatic heterocycles. The molecule has 0 aromatic heterocycles. The van der Waals surface area contributed by atoms with Gasteiger partial charge in [0.05, 0.1) is 19.1 Å². The van der Waals surface area contributed by atoms with Gasteiger partial charge in [-0.3, -0.25) is 14.9 Å². The van der Waals surface area contributed by atoms with Crippen LogP contribution in [-0.2, 0) is 0 Å². The first-order chi connectivity index (χ1) is 13.9. The Balaban J connectivity index is 1.84. The van der Waals surface area contributed by atoms with Crippen LogP contribution in [-0.4, -0.2) is 38.1 Å². The minimum absolute atomic E-state index is 0.0564. The standard InChI is InChI=1S/C21H25N3O5/c1-14-5-4-10-23(13-14)17-8-6-15(11-18(17)24(26)27)21(25)22-16-7-9-19(28-2)20(12-16)29-3/h6-9,11-12,14H,4-5,10,13H2,1-3H3,(H,22,25). The third kappa shape index (κ3) is 4.59. The summed E-state index contributed by atoms with van der Waals surface area (Å²) in [5, 5.41) is 14.4. The molecule has 0 bridgehead atoms. The number of nitro benzene ring substituents is 1. The molecule has 3 rings (SSSR count). The van der Waals surface area contributed by atoms with Crippen molar-refractivity contribution < 1.29 is 19.2 Å². The highest BCUT2D eigenvalue weighted by Crippen LogP contribution is 2.33. The highest BCUT2D eigenvalue weighted by Gasteiger charge is 2.25. The summed E-state index contributed by atoms with van der Waals surface area (Å²) in [5.41, 5.74) is 1.23. The molecular formula is C21H25N3O5. The molecule has 1 saturated heterocycles. The van der Waals surface area contributed by atoms with Gasteiger partial charge in [-0.15, -0.1) is 0 Å². The van der Waals surface area contributed by atoms with E-state index >= 15 is 0 Å². The molecule has 1 atom stereocenters. The molecule has 1 unspecified atom stereocenters. The molecule has 0 radical (unpaired) electrons. The molecule has 1 aliphatic rings. The molecule has 29 heavy (non-hydrogen) atoms. The Labute approximate surface area is 169 Å². The molecule has 154 valence electrons. The number of carbonyl (C=O) groups is 1. The maximum Gasteiger partial charge on any atom is 0.293 e. The van der Waals surface area contributed by atoms with Crippen LogP contribution in [0.15, 0.2) is 36.4 Å². The number of anilines is 2. The zero-order chi connectivity index (χ0) is 21.0. The second-order valence-electron chi connectivity index (χ2n) is 7.18. The number of piperidine rings is 1. The lowest BCUT2D eigenvalue weighted by atomic mass is 9.99. The van der Waals surface area contributed by atoms with Crippen molar-refractivity contribution in [2.75, 3.05) is 37.5 Å². The zero-order valence-electron chi connectivity index (χ0n) is 16.8. The number of hydrogen-bond acceptors (Lipinski definition) is 6. The number of benzene rings is 2. The van der Waals surface area contributed by atoms with E-state index in [0.717, 1.165) is 25.9 Å². The van der Waals surface area contributed by atoms with Crippen LogP contribution in [0.3, 0.4) is 0 Å². The normalized spacial score (nSPS) is 16.2. The van der Waals surface area contributed by atoms with Gasteiger partial charge in [0.2, 0.25) is 0 Å². The third-order valence-corrected chi connectivity index (χ3v) is 5.07. The van der Waals surface area contributed by atoms with E-state index in [-0.39, 0.29) is 11.3 Å². The molecule has 2 aromatic carbocycles. The number of ether oxygens (including phenoxy) is 2. The van der Waals surface area contributed by atoms with Crippen LogP contribution in [0.4, 0.5) is 17.1 Å². The summed E-state index contributed by atoms with van der Waals surface area (Å²) in [5.74, 6) is 1.07. The summed E-state index contributed by atoms with van der Waals surface area (Å²) in [6.07, 6.45) is 2.12. The Morgan fingerprint density at radius 3 is 2.59 bits per heavy atom. The molecule has 1 N–H and O–H groups in total. The molecule has 0 aliphatic carbocycles. The summed E-state index contributed by atoms with van der Waals surface area (Å²) in [6, 6.07) is 9.62. The van der Waals surface area contributed by atoms with E-state index in [1.165, 1.54) is 20.3 Å². The van der Waals surface area contributed by atoms with Crippen molar-refractivity contribution in [3.63, 3.8) is 0 Å². The second kappa shape index (κ2) is 8.81. The Morgan fingerprint density at radius 2 is 1.93 bits per heavy atom. The summed E-state index contributed by atoms with van der Waals surface area (Å²) in [4.78, 5) is 25.9. The van der Waals surface area contributed by atoms with Crippen LogP contribution in [0.2, 0.25) is 0 Å². The molecule has 2 aromatic rings. The average Bonchev–Trinajstić information content (AvgIpc) is 2.73. The van der Waals surface area contributed by atoms with Gasteiger partial charge in [-0.1, -0.05) is 6.92 Å². The average molecular weight is 399 g/mol. The minimum atomic E-state index is -0.432. The van der Waals surface area contributed by atoms with Crippen LogP contribution in [0.1, 0.15) is 30.1 Å². The van der Waals surface area contributed by atoms with Gasteiger partial charge < -0.3 is 19.7 Å². The van der Waals surface area contributed by atoms with E-state index in [0.29, 0.717) is 28.8 Å². The SMILES string of the molecule is COc1ccc(NC(=O)c2ccc(N3CCCC(C)C3)c([N+](=O)[O-])c2)cc1OC. The maximum atomic E-state index is 12.7. The van der Waals surface area contributed by atoms with Crippen LogP contribution < -0.4 is 19.7 Å². The lowest BCUT2D eigenvalue weighted by Gasteiger charge is -2.32. The van der Waals surface area contributed by atoms with Crippen molar-refractivity contribution >= 4 is 23.0 Å². The van der Waals surface area contributed by atoms with E-state index in [2.05, 4.69) is 12.2 Å². The van der Waals surface area contributed by atoms with Gasteiger partial charge in [0.25, 0.3) is 11.6 Å². The summed E-state index contributed by atoms with van der Waals surface area (Å²) < 4.78 is 10.4. The van der Waals surface area contributed by atoms with Crippen LogP contribution >= 0.6 is 0 Å². The van der Waals surface area contributed by atoms with E-state index in [4.69, 9.17) is 9.47 Å². The topological polar surface area (TPSA) is 93.9 Å². The Morgan fingerprint density at radius 1 is 1.17 bits per heavy atom. The van der Waals surface area contributed by atoms with Crippen LogP contribution in [0.25, 0.3) is 0 Å². The molecule has 1 heterocycles. The Kier molecular flexibility index (Phi) is 6.21. The zero-order valence-corrected chi connectivity index (χ0v) is 16.8. The fraction of sp³-hybridized carbons (Fsp3) is 0.381. The van der Waals surface area contributed by atoms with Crippen molar-refractivity contribution in [2.45, 2.75) is 19.8 Å². The monoisotopic (exact) mass is 399 g/mol. The Hall–Kier alpha value is -3.29. The number of nitrogens with one attached hydrogen (secondary N) is 1. The molecule has 0 spiro atoms. The molecule has 1 fully saturated rings. The third-order valence-electron chi connectivity index (χ3n) is 5.07. The summed E-state index contributed by atoms with van der Waals surface area (Å²) >= 11 is 0. The number of hydrogen-bond donors (Lipinski definition) is 1. The number of nitrogens with zero attached hydrogens (tertiary/aromatic N) is 2. The van der Waals surface area contributed by atoms with Crippen molar-refractivity contribution in [1.82, 2.24) is 0 Å². The number of amides is 1. The largest absolute Gasteiger partial charge is 0.493 e. The van der Waals surface area contributed by atoms with Crippen molar-refractivity contribution in [2.24, 2.45) is 5.92 Å². The predicted molar refractivity (Wildman–Crippen MR) is 111 cm³/mol. The lowest BCUT2D eigenvalue weighted by Crippen LogP contribution is -2.34. The van der Waals surface area contributed by atoms with Gasteiger partial charge >= 0.3 is 0 Å². The number of rotatable bonds is 6. The quantitative estimate of drug-likeness (QED) is 0.581. The van der Waals surface area contributed by atoms with Crippen LogP contribution in [0, 0.1) is 16.0 Å². The molecule has 8 nitrogen and oxygen atoms in total. The smallest absolute Gasteiger partial charge is 0.293 e. The van der Waals surface area contributed by atoms with Gasteiger partial charge in [0.15, 0.2) is 11.5 Å². The van der Waals surface area contributed by atoms with E-state index in [1.807, 2.05) is 4.90 Å². The molecule has 0 saturated carbocycles. The predicted octanol–water partition coefficient (Wildman–Crippen LogP) is 4.10. The van der Waals surface area contributed by atoms with Crippen molar-refractivity contribution in [3.05, 3.63) is 52.1 Å². The minimum Gasteiger partial charge on any atom is -0.493 e. The fourth-order valence-corrected chi connectivity index (χ4v) is 3.60. The van der Waals surface area contributed by atoms with Crippen LogP contribution in [0.5, 0.6) is 11.5 Å². The van der Waals surface area contributed by atoms with Gasteiger partial charge in [0.1, 0.15) is 5.69 Å². The first kappa shape index (κ1) is 20.4. The summed E-state index contributed by atoms with van der Waals surface area (Å²) in [6.45, 7) is 3.70. The second-order valence-corrected chi connectivity index (χ2v) is 7.18. The number of methoxy groups -OCH3 is 2. The number of nitro groups is 1. The first-order valence-electron chi connectivity index (χ1n) is 9.49. The Bertz CT molecular complexity index is 915. The fourth-order valence-electron chi connectivity index (χ4n) is 3.60. The molecular weight excluding hydrogens is 374 g/mol. The van der Waals surface area contributed by atoms with Crippen molar-refractivity contribution in [3.8, 4) is 11.5 Å². The van der Waals surface area contributed by atoms with E-state index in [1.54, 1.807) is 30.3 Å². The van der Waals surface area contributed by atoms with Gasteiger partial charge in [-0.2, -0.15) is 0 Å².